The van der Waals surface area contributed by atoms with E-state index in [2.05, 4.69) is 9.97 Å². The van der Waals surface area contributed by atoms with Crippen molar-refractivity contribution in [3.63, 3.8) is 0 Å². The molecule has 0 saturated carbocycles. The van der Waals surface area contributed by atoms with E-state index in [1.807, 2.05) is 24.3 Å². The summed E-state index contributed by atoms with van der Waals surface area (Å²) in [6.07, 6.45) is -1.51. The Morgan fingerprint density at radius 2 is 2.12 bits per heavy atom. The maximum atomic E-state index is 12.4. The number of H-pyrrole nitrogens is 1. The molecule has 3 aromatic rings. The summed E-state index contributed by atoms with van der Waals surface area (Å²) in [7, 11) is 0. The summed E-state index contributed by atoms with van der Waals surface area (Å²) in [6, 6.07) is 10.7. The van der Waals surface area contributed by atoms with Gasteiger partial charge < -0.3 is 9.72 Å². The number of ether oxygens (including phenoxy) is 1. The molecule has 3 rings (SSSR count). The molecule has 0 unspecified atom stereocenters. The lowest BCUT2D eigenvalue weighted by Gasteiger charge is -2.10. The Bertz CT molecular complexity index is 847. The summed E-state index contributed by atoms with van der Waals surface area (Å²) in [4.78, 5) is 18.6. The highest BCUT2D eigenvalue weighted by atomic mass is 19.3. The second kappa shape index (κ2) is 6.63. The second-order valence-corrected chi connectivity index (χ2v) is 4.99. The van der Waals surface area contributed by atoms with Gasteiger partial charge in [0.25, 0.3) is 12.3 Å². The highest BCUT2D eigenvalue weighted by Crippen LogP contribution is 2.31. The molecule has 0 saturated heterocycles. The van der Waals surface area contributed by atoms with E-state index in [9.17, 15) is 13.6 Å². The van der Waals surface area contributed by atoms with Crippen molar-refractivity contribution in [3.8, 4) is 17.1 Å². The van der Waals surface area contributed by atoms with Crippen molar-refractivity contribution in [1.82, 2.24) is 15.4 Å². The molecule has 0 radical (unpaired) electrons. The lowest BCUT2D eigenvalue weighted by molar-refractivity contribution is 0.0704. The molecule has 0 aliphatic heterocycles. The number of aromatic nitrogens is 2. The minimum absolute atomic E-state index is 0.0312. The third kappa shape index (κ3) is 3.18. The fourth-order valence-corrected chi connectivity index (χ4v) is 2.31. The molecule has 0 spiro atoms. The van der Waals surface area contributed by atoms with Gasteiger partial charge in [0.1, 0.15) is 0 Å². The summed E-state index contributed by atoms with van der Waals surface area (Å²) < 4.78 is 29.9. The number of pyridine rings is 1. The Kier molecular flexibility index (Phi) is 4.39. The number of hydrogen-bond acceptors (Lipinski definition) is 4. The number of hydroxylamine groups is 1. The van der Waals surface area contributed by atoms with E-state index in [-0.39, 0.29) is 11.4 Å². The van der Waals surface area contributed by atoms with Crippen LogP contribution in [0.15, 0.2) is 42.6 Å². The van der Waals surface area contributed by atoms with Crippen LogP contribution in [0.4, 0.5) is 8.78 Å². The van der Waals surface area contributed by atoms with Crippen molar-refractivity contribution in [2.24, 2.45) is 0 Å². The first-order chi connectivity index (χ1) is 11.6. The maximum absolute atomic E-state index is 12.4. The number of para-hydroxylation sites is 1. The van der Waals surface area contributed by atoms with Crippen LogP contribution in [-0.2, 0) is 0 Å². The SMILES string of the molecule is O=C(NO)c1cnc(OCC(F)F)c(-c2cc3ccccc3[nH]2)c1. The molecule has 24 heavy (non-hydrogen) atoms. The molecule has 2 aromatic heterocycles. The van der Waals surface area contributed by atoms with Gasteiger partial charge >= 0.3 is 0 Å². The number of amides is 1. The van der Waals surface area contributed by atoms with E-state index in [1.165, 1.54) is 11.5 Å². The molecule has 3 N–H and O–H groups in total. The van der Waals surface area contributed by atoms with Gasteiger partial charge in [-0.1, -0.05) is 18.2 Å². The van der Waals surface area contributed by atoms with E-state index < -0.39 is 18.9 Å². The number of nitrogens with one attached hydrogen (secondary N) is 2. The lowest BCUT2D eigenvalue weighted by Crippen LogP contribution is -2.19. The zero-order valence-corrected chi connectivity index (χ0v) is 12.3. The van der Waals surface area contributed by atoms with Gasteiger partial charge in [0.15, 0.2) is 6.61 Å². The molecular formula is C16H13F2N3O3. The van der Waals surface area contributed by atoms with Crippen molar-refractivity contribution >= 4 is 16.8 Å². The van der Waals surface area contributed by atoms with Crippen LogP contribution in [0.1, 0.15) is 10.4 Å². The minimum atomic E-state index is -2.65. The van der Waals surface area contributed by atoms with Gasteiger partial charge in [0, 0.05) is 17.1 Å². The summed E-state index contributed by atoms with van der Waals surface area (Å²) in [5.74, 6) is -0.795. The van der Waals surface area contributed by atoms with E-state index in [0.29, 0.717) is 11.3 Å². The molecule has 0 fully saturated rings. The third-order valence-corrected chi connectivity index (χ3v) is 3.38. The number of alkyl halides is 2. The predicted molar refractivity (Wildman–Crippen MR) is 82.3 cm³/mol. The topological polar surface area (TPSA) is 87.2 Å². The summed E-state index contributed by atoms with van der Waals surface area (Å²) in [5, 5.41) is 9.65. The second-order valence-electron chi connectivity index (χ2n) is 4.99. The average molecular weight is 333 g/mol. The highest BCUT2D eigenvalue weighted by molar-refractivity contribution is 5.95. The normalized spacial score (nSPS) is 11.0. The van der Waals surface area contributed by atoms with Crippen molar-refractivity contribution in [3.05, 3.63) is 48.2 Å². The standard InChI is InChI=1S/C16H13F2N3O3/c17-14(18)8-24-16-11(5-10(7-19-16)15(22)21-23)13-6-9-3-1-2-4-12(9)20-13/h1-7,14,20,23H,8H2,(H,21,22). The van der Waals surface area contributed by atoms with Crippen LogP contribution < -0.4 is 10.2 Å². The monoisotopic (exact) mass is 333 g/mol. The van der Waals surface area contributed by atoms with Gasteiger partial charge in [0.2, 0.25) is 5.88 Å². The summed E-state index contributed by atoms with van der Waals surface area (Å²) in [6.45, 7) is -0.814. The quantitative estimate of drug-likeness (QED) is 0.495. The predicted octanol–water partition coefficient (Wildman–Crippen LogP) is 2.99. The number of benzene rings is 1. The van der Waals surface area contributed by atoms with Crippen LogP contribution in [0.3, 0.4) is 0 Å². The molecule has 1 amide bonds. The molecular weight excluding hydrogens is 320 g/mol. The maximum Gasteiger partial charge on any atom is 0.276 e. The van der Waals surface area contributed by atoms with Crippen LogP contribution in [0.5, 0.6) is 5.88 Å². The van der Waals surface area contributed by atoms with Gasteiger partial charge in [-0.05, 0) is 18.2 Å². The molecule has 2 heterocycles. The third-order valence-electron chi connectivity index (χ3n) is 3.38. The molecule has 8 heteroatoms. The minimum Gasteiger partial charge on any atom is -0.471 e. The summed E-state index contributed by atoms with van der Waals surface area (Å²) in [5.41, 5.74) is 3.31. The molecule has 124 valence electrons. The molecule has 0 aliphatic carbocycles. The first-order valence-corrected chi connectivity index (χ1v) is 7.02. The largest absolute Gasteiger partial charge is 0.471 e. The van der Waals surface area contributed by atoms with Crippen LogP contribution in [0.2, 0.25) is 0 Å². The number of aromatic amines is 1. The Morgan fingerprint density at radius 1 is 1.33 bits per heavy atom. The van der Waals surface area contributed by atoms with Crippen LogP contribution >= 0.6 is 0 Å². The van der Waals surface area contributed by atoms with Crippen molar-refractivity contribution in [1.29, 1.82) is 0 Å². The zero-order valence-electron chi connectivity index (χ0n) is 12.3. The Morgan fingerprint density at radius 3 is 2.83 bits per heavy atom. The molecule has 1 aromatic carbocycles. The fourth-order valence-electron chi connectivity index (χ4n) is 2.31. The molecule has 0 aliphatic rings. The van der Waals surface area contributed by atoms with Gasteiger partial charge in [-0.2, -0.15) is 0 Å². The number of carbonyl (C=O) groups is 1. The van der Waals surface area contributed by atoms with Crippen LogP contribution in [-0.4, -0.2) is 34.1 Å². The van der Waals surface area contributed by atoms with Crippen molar-refractivity contribution in [2.75, 3.05) is 6.61 Å². The average Bonchev–Trinajstić information content (AvgIpc) is 3.03. The van der Waals surface area contributed by atoms with Crippen LogP contribution in [0.25, 0.3) is 22.2 Å². The first-order valence-electron chi connectivity index (χ1n) is 7.02. The smallest absolute Gasteiger partial charge is 0.276 e. The van der Waals surface area contributed by atoms with Gasteiger partial charge in [-0.15, -0.1) is 0 Å². The number of carbonyl (C=O) groups excluding carboxylic acids is 1. The number of rotatable bonds is 5. The fraction of sp³-hybridized carbons (Fsp3) is 0.125. The van der Waals surface area contributed by atoms with Gasteiger partial charge in [-0.3, -0.25) is 10.0 Å². The Balaban J connectivity index is 2.08. The lowest BCUT2D eigenvalue weighted by atomic mass is 10.1. The summed E-state index contributed by atoms with van der Waals surface area (Å²) >= 11 is 0. The van der Waals surface area contributed by atoms with Crippen LogP contribution in [0, 0.1) is 0 Å². The number of halogens is 2. The number of nitrogens with zero attached hydrogens (tertiary/aromatic N) is 1. The Labute approximate surface area is 135 Å². The molecule has 0 bridgehead atoms. The highest BCUT2D eigenvalue weighted by Gasteiger charge is 2.16. The molecule has 0 atom stereocenters. The Hall–Kier alpha value is -3.00. The molecule has 6 nitrogen and oxygen atoms in total. The van der Waals surface area contributed by atoms with E-state index >= 15 is 0 Å². The van der Waals surface area contributed by atoms with Crippen molar-refractivity contribution in [2.45, 2.75) is 6.43 Å². The van der Waals surface area contributed by atoms with Crippen molar-refractivity contribution < 1.29 is 23.5 Å². The van der Waals surface area contributed by atoms with E-state index in [0.717, 1.165) is 17.1 Å². The van der Waals surface area contributed by atoms with E-state index in [1.54, 1.807) is 6.07 Å². The van der Waals surface area contributed by atoms with E-state index in [4.69, 9.17) is 9.94 Å². The van der Waals surface area contributed by atoms with Gasteiger partial charge in [-0.25, -0.2) is 19.2 Å². The number of hydrogen-bond donors (Lipinski definition) is 3. The number of fused-ring (bicyclic) bond motifs is 1. The first kappa shape index (κ1) is 15.9. The van der Waals surface area contributed by atoms with Gasteiger partial charge in [0.05, 0.1) is 16.8 Å². The zero-order chi connectivity index (χ0) is 17.1.